The molecule has 0 spiro atoms. The van der Waals surface area contributed by atoms with Crippen molar-refractivity contribution in [1.82, 2.24) is 9.03 Å². The van der Waals surface area contributed by atoms with Crippen molar-refractivity contribution in [3.05, 3.63) is 59.7 Å². The van der Waals surface area contributed by atoms with Gasteiger partial charge < -0.3 is 0 Å². The molecule has 6 nitrogen and oxygen atoms in total. The highest BCUT2D eigenvalue weighted by atomic mass is 32.2. The molecule has 0 amide bonds. The summed E-state index contributed by atoms with van der Waals surface area (Å²) in [5.74, 6) is 0. The number of nitrogens with zero attached hydrogens (tertiary/aromatic N) is 1. The molecular weight excluding hydrogens is 384 g/mol. The number of hydrogen-bond donors (Lipinski definition) is 1. The van der Waals surface area contributed by atoms with Crippen LogP contribution in [0, 0.1) is 13.8 Å². The van der Waals surface area contributed by atoms with Gasteiger partial charge >= 0.3 is 0 Å². The SMILES string of the molecule is Cc1ccc(C)c(S(=O)(=O)N2CCC(NS(=O)(=O)c3ccccc3)CC2)c1. The van der Waals surface area contributed by atoms with E-state index in [0.29, 0.717) is 23.3 Å². The molecule has 0 aromatic heterocycles. The van der Waals surface area contributed by atoms with Gasteiger partial charge in [-0.15, -0.1) is 0 Å². The van der Waals surface area contributed by atoms with E-state index in [1.54, 1.807) is 43.3 Å². The molecule has 0 atom stereocenters. The van der Waals surface area contributed by atoms with Gasteiger partial charge in [-0.1, -0.05) is 30.3 Å². The van der Waals surface area contributed by atoms with Crippen LogP contribution in [0.2, 0.25) is 0 Å². The Labute approximate surface area is 161 Å². The summed E-state index contributed by atoms with van der Waals surface area (Å²) in [6, 6.07) is 13.3. The first-order chi connectivity index (χ1) is 12.7. The van der Waals surface area contributed by atoms with Crippen molar-refractivity contribution in [2.24, 2.45) is 0 Å². The van der Waals surface area contributed by atoms with Gasteiger partial charge in [-0.05, 0) is 56.0 Å². The van der Waals surface area contributed by atoms with Gasteiger partial charge in [-0.3, -0.25) is 0 Å². The lowest BCUT2D eigenvalue weighted by Gasteiger charge is -2.31. The second kappa shape index (κ2) is 7.71. The highest BCUT2D eigenvalue weighted by Gasteiger charge is 2.32. The molecule has 2 aromatic carbocycles. The Balaban J connectivity index is 1.69. The van der Waals surface area contributed by atoms with Crippen molar-refractivity contribution in [1.29, 1.82) is 0 Å². The number of sulfonamides is 2. The van der Waals surface area contributed by atoms with E-state index in [-0.39, 0.29) is 24.0 Å². The summed E-state index contributed by atoms with van der Waals surface area (Å²) < 4.78 is 54.9. The highest BCUT2D eigenvalue weighted by molar-refractivity contribution is 7.89. The lowest BCUT2D eigenvalue weighted by Crippen LogP contribution is -2.46. The molecule has 3 rings (SSSR count). The monoisotopic (exact) mass is 408 g/mol. The van der Waals surface area contributed by atoms with Crippen molar-refractivity contribution < 1.29 is 16.8 Å². The molecule has 1 heterocycles. The van der Waals surface area contributed by atoms with Gasteiger partial charge in [-0.2, -0.15) is 4.31 Å². The van der Waals surface area contributed by atoms with Gasteiger partial charge in [-0.25, -0.2) is 21.6 Å². The van der Waals surface area contributed by atoms with Crippen molar-refractivity contribution in [3.8, 4) is 0 Å². The molecule has 8 heteroatoms. The molecule has 1 fully saturated rings. The third-order valence-electron chi connectivity index (χ3n) is 4.79. The van der Waals surface area contributed by atoms with Crippen LogP contribution >= 0.6 is 0 Å². The largest absolute Gasteiger partial charge is 0.243 e. The van der Waals surface area contributed by atoms with E-state index >= 15 is 0 Å². The van der Waals surface area contributed by atoms with Crippen molar-refractivity contribution >= 4 is 20.0 Å². The average Bonchev–Trinajstić information content (AvgIpc) is 2.64. The molecule has 2 aromatic rings. The Morgan fingerprint density at radius 1 is 0.926 bits per heavy atom. The number of aryl methyl sites for hydroxylation is 2. The van der Waals surface area contributed by atoms with Crippen molar-refractivity contribution in [2.75, 3.05) is 13.1 Å². The van der Waals surface area contributed by atoms with Crippen LogP contribution in [0.1, 0.15) is 24.0 Å². The van der Waals surface area contributed by atoms with E-state index in [4.69, 9.17) is 0 Å². The summed E-state index contributed by atoms with van der Waals surface area (Å²) in [7, 11) is -7.17. The van der Waals surface area contributed by atoms with Crippen molar-refractivity contribution in [3.63, 3.8) is 0 Å². The van der Waals surface area contributed by atoms with Gasteiger partial charge in [0, 0.05) is 19.1 Å². The molecule has 0 aliphatic carbocycles. The Morgan fingerprint density at radius 2 is 1.56 bits per heavy atom. The maximum Gasteiger partial charge on any atom is 0.243 e. The summed E-state index contributed by atoms with van der Waals surface area (Å²) in [4.78, 5) is 0.543. The summed E-state index contributed by atoms with van der Waals surface area (Å²) in [5, 5.41) is 0. The second-order valence-corrected chi connectivity index (χ2v) is 10.5. The number of rotatable bonds is 5. The summed E-state index contributed by atoms with van der Waals surface area (Å²) in [5.41, 5.74) is 1.61. The zero-order valence-electron chi connectivity index (χ0n) is 15.4. The minimum Gasteiger partial charge on any atom is -0.208 e. The minimum atomic E-state index is -3.60. The average molecular weight is 409 g/mol. The molecule has 0 saturated carbocycles. The van der Waals surface area contributed by atoms with Crippen LogP contribution in [0.25, 0.3) is 0 Å². The Hall–Kier alpha value is -1.74. The number of hydrogen-bond acceptors (Lipinski definition) is 4. The molecule has 0 radical (unpaired) electrons. The van der Waals surface area contributed by atoms with Gasteiger partial charge in [0.2, 0.25) is 20.0 Å². The summed E-state index contributed by atoms with van der Waals surface area (Å²) >= 11 is 0. The van der Waals surface area contributed by atoms with Gasteiger partial charge in [0.05, 0.1) is 9.79 Å². The minimum absolute atomic E-state index is 0.218. The topological polar surface area (TPSA) is 83.6 Å². The van der Waals surface area contributed by atoms with Crippen LogP contribution in [-0.4, -0.2) is 40.3 Å². The maximum absolute atomic E-state index is 13.0. The van der Waals surface area contributed by atoms with E-state index < -0.39 is 20.0 Å². The number of piperidine rings is 1. The fraction of sp³-hybridized carbons (Fsp3) is 0.368. The summed E-state index contributed by atoms with van der Waals surface area (Å²) in [6.07, 6.45) is 0.881. The van der Waals surface area contributed by atoms with E-state index in [9.17, 15) is 16.8 Å². The molecule has 27 heavy (non-hydrogen) atoms. The molecular formula is C19H24N2O4S2. The van der Waals surface area contributed by atoms with E-state index in [1.165, 1.54) is 4.31 Å². The van der Waals surface area contributed by atoms with Crippen LogP contribution in [0.3, 0.4) is 0 Å². The van der Waals surface area contributed by atoms with Crippen LogP contribution in [0.15, 0.2) is 58.3 Å². The third-order valence-corrected chi connectivity index (χ3v) is 8.37. The number of benzene rings is 2. The Kier molecular flexibility index (Phi) is 5.71. The molecule has 146 valence electrons. The maximum atomic E-state index is 13.0. The van der Waals surface area contributed by atoms with Crippen LogP contribution in [0.5, 0.6) is 0 Å². The highest BCUT2D eigenvalue weighted by Crippen LogP contribution is 2.25. The summed E-state index contributed by atoms with van der Waals surface area (Å²) in [6.45, 7) is 4.23. The molecule has 1 aliphatic heterocycles. The van der Waals surface area contributed by atoms with Gasteiger partial charge in [0.25, 0.3) is 0 Å². The molecule has 0 unspecified atom stereocenters. The fourth-order valence-electron chi connectivity index (χ4n) is 3.23. The zero-order valence-corrected chi connectivity index (χ0v) is 17.1. The smallest absolute Gasteiger partial charge is 0.208 e. The van der Waals surface area contributed by atoms with Crippen molar-refractivity contribution in [2.45, 2.75) is 42.5 Å². The fourth-order valence-corrected chi connectivity index (χ4v) is 6.33. The van der Waals surface area contributed by atoms with Gasteiger partial charge in [0.15, 0.2) is 0 Å². The normalized spacial score (nSPS) is 17.1. The number of nitrogens with one attached hydrogen (secondary N) is 1. The van der Waals surface area contributed by atoms with Gasteiger partial charge in [0.1, 0.15) is 0 Å². The lowest BCUT2D eigenvalue weighted by molar-refractivity contribution is 0.308. The lowest BCUT2D eigenvalue weighted by atomic mass is 10.1. The molecule has 1 N–H and O–H groups in total. The molecule has 1 aliphatic rings. The Morgan fingerprint density at radius 3 is 2.19 bits per heavy atom. The van der Waals surface area contributed by atoms with Crippen LogP contribution < -0.4 is 4.72 Å². The van der Waals surface area contributed by atoms with Crippen LogP contribution in [-0.2, 0) is 20.0 Å². The zero-order chi connectivity index (χ0) is 19.7. The molecule has 0 bridgehead atoms. The molecule has 1 saturated heterocycles. The second-order valence-electron chi connectivity index (χ2n) is 6.88. The van der Waals surface area contributed by atoms with E-state index in [0.717, 1.165) is 5.56 Å². The van der Waals surface area contributed by atoms with E-state index in [2.05, 4.69) is 4.72 Å². The predicted molar refractivity (Wildman–Crippen MR) is 104 cm³/mol. The van der Waals surface area contributed by atoms with E-state index in [1.807, 2.05) is 19.1 Å². The Bertz CT molecular complexity index is 1010. The quantitative estimate of drug-likeness (QED) is 0.824. The third kappa shape index (κ3) is 4.40. The standard InChI is InChI=1S/C19H24N2O4S2/c1-15-8-9-16(2)19(14-15)27(24,25)21-12-10-17(11-13-21)20-26(22,23)18-6-4-3-5-7-18/h3-9,14,17,20H,10-13H2,1-2H3. The van der Waals surface area contributed by atoms with Crippen LogP contribution in [0.4, 0.5) is 0 Å². The first-order valence-corrected chi connectivity index (χ1v) is 11.8. The predicted octanol–water partition coefficient (Wildman–Crippen LogP) is 2.44. The first-order valence-electron chi connectivity index (χ1n) is 8.85. The first kappa shape index (κ1) is 20.0.